The first-order chi connectivity index (χ1) is 7.74. The Kier molecular flexibility index (Phi) is 1.73. The van der Waals surface area contributed by atoms with Crippen molar-refractivity contribution in [3.05, 3.63) is 30.0 Å². The van der Waals surface area contributed by atoms with E-state index in [4.69, 9.17) is 14.8 Å². The summed E-state index contributed by atoms with van der Waals surface area (Å²) in [7, 11) is 0. The van der Waals surface area contributed by atoms with Gasteiger partial charge in [-0.05, 0) is 19.1 Å². The summed E-state index contributed by atoms with van der Waals surface area (Å²) < 4.78 is 10.2. The number of fused-ring (bicyclic) bond motifs is 1. The molecular formula is C11H9N3O2. The van der Waals surface area contributed by atoms with Crippen molar-refractivity contribution in [2.24, 2.45) is 0 Å². The maximum absolute atomic E-state index is 5.49. The monoisotopic (exact) mass is 215 g/mol. The molecule has 0 bridgehead atoms. The topological polar surface area (TPSA) is 78.1 Å². The van der Waals surface area contributed by atoms with Crippen molar-refractivity contribution in [3.8, 4) is 11.3 Å². The van der Waals surface area contributed by atoms with Crippen molar-refractivity contribution >= 4 is 16.8 Å². The van der Waals surface area contributed by atoms with Gasteiger partial charge in [-0.1, -0.05) is 16.4 Å². The second kappa shape index (κ2) is 3.10. The highest BCUT2D eigenvalue weighted by Gasteiger charge is 2.09. The number of nitrogens with zero attached hydrogens (tertiary/aromatic N) is 2. The van der Waals surface area contributed by atoms with Crippen LogP contribution in [0.1, 0.15) is 5.69 Å². The number of benzene rings is 1. The Bertz CT molecular complexity index is 654. The average Bonchev–Trinajstić information content (AvgIpc) is 2.86. The zero-order valence-corrected chi connectivity index (χ0v) is 8.60. The van der Waals surface area contributed by atoms with E-state index < -0.39 is 0 Å². The van der Waals surface area contributed by atoms with Crippen LogP contribution in [-0.4, -0.2) is 10.3 Å². The van der Waals surface area contributed by atoms with Crippen LogP contribution in [0.15, 0.2) is 33.3 Å². The van der Waals surface area contributed by atoms with Crippen LogP contribution < -0.4 is 5.73 Å². The minimum absolute atomic E-state index is 0.365. The lowest BCUT2D eigenvalue weighted by atomic mass is 10.1. The standard InChI is InChI=1S/C11H9N3O2/c1-6-8-3-2-7(4-10(8)16-13-6)9-5-11(12)14-15-9/h2-5H,1H3,(H2,12,14). The number of anilines is 1. The van der Waals surface area contributed by atoms with Gasteiger partial charge in [-0.2, -0.15) is 0 Å². The number of hydrogen-bond donors (Lipinski definition) is 1. The quantitative estimate of drug-likeness (QED) is 0.674. The van der Waals surface area contributed by atoms with E-state index in [-0.39, 0.29) is 0 Å². The van der Waals surface area contributed by atoms with Crippen molar-refractivity contribution in [1.82, 2.24) is 10.3 Å². The van der Waals surface area contributed by atoms with Gasteiger partial charge >= 0.3 is 0 Å². The van der Waals surface area contributed by atoms with E-state index in [0.29, 0.717) is 11.6 Å². The molecule has 80 valence electrons. The van der Waals surface area contributed by atoms with E-state index in [9.17, 15) is 0 Å². The first-order valence-corrected chi connectivity index (χ1v) is 4.82. The van der Waals surface area contributed by atoms with Crippen molar-refractivity contribution < 1.29 is 9.05 Å². The number of rotatable bonds is 1. The molecule has 0 saturated heterocycles. The summed E-state index contributed by atoms with van der Waals surface area (Å²) in [5.74, 6) is 0.984. The molecule has 5 nitrogen and oxygen atoms in total. The molecular weight excluding hydrogens is 206 g/mol. The van der Waals surface area contributed by atoms with Crippen LogP contribution in [0.4, 0.5) is 5.82 Å². The molecule has 3 aromatic rings. The van der Waals surface area contributed by atoms with Crippen LogP contribution in [0, 0.1) is 6.92 Å². The van der Waals surface area contributed by atoms with Crippen molar-refractivity contribution in [2.45, 2.75) is 6.92 Å². The van der Waals surface area contributed by atoms with Gasteiger partial charge in [0.15, 0.2) is 17.2 Å². The van der Waals surface area contributed by atoms with E-state index >= 15 is 0 Å². The summed E-state index contributed by atoms with van der Waals surface area (Å²) in [4.78, 5) is 0. The second-order valence-electron chi connectivity index (χ2n) is 3.59. The smallest absolute Gasteiger partial charge is 0.169 e. The Morgan fingerprint density at radius 2 is 2.00 bits per heavy atom. The zero-order valence-electron chi connectivity index (χ0n) is 8.60. The lowest BCUT2D eigenvalue weighted by molar-refractivity contribution is 0.435. The number of aromatic nitrogens is 2. The van der Waals surface area contributed by atoms with Crippen LogP contribution in [-0.2, 0) is 0 Å². The van der Waals surface area contributed by atoms with Crippen LogP contribution in [0.2, 0.25) is 0 Å². The van der Waals surface area contributed by atoms with Gasteiger partial charge in [-0.25, -0.2) is 0 Å². The fraction of sp³-hybridized carbons (Fsp3) is 0.0909. The molecule has 2 aromatic heterocycles. The summed E-state index contributed by atoms with van der Waals surface area (Å²) in [6.07, 6.45) is 0. The molecule has 0 aliphatic carbocycles. The van der Waals surface area contributed by atoms with Gasteiger partial charge in [0.25, 0.3) is 0 Å². The summed E-state index contributed by atoms with van der Waals surface area (Å²) in [6.45, 7) is 1.90. The fourth-order valence-corrected chi connectivity index (χ4v) is 1.64. The molecule has 0 fully saturated rings. The Morgan fingerprint density at radius 3 is 2.75 bits per heavy atom. The number of nitrogens with two attached hydrogens (primary N) is 1. The first kappa shape index (κ1) is 8.96. The molecule has 0 unspecified atom stereocenters. The average molecular weight is 215 g/mol. The molecule has 0 aliphatic heterocycles. The highest BCUT2D eigenvalue weighted by molar-refractivity contribution is 5.83. The fourth-order valence-electron chi connectivity index (χ4n) is 1.64. The lowest BCUT2D eigenvalue weighted by Crippen LogP contribution is -1.80. The van der Waals surface area contributed by atoms with E-state index in [1.54, 1.807) is 6.07 Å². The Morgan fingerprint density at radius 1 is 1.12 bits per heavy atom. The summed E-state index contributed by atoms with van der Waals surface area (Å²) >= 11 is 0. The van der Waals surface area contributed by atoms with Crippen molar-refractivity contribution in [2.75, 3.05) is 5.73 Å². The molecule has 2 N–H and O–H groups in total. The van der Waals surface area contributed by atoms with E-state index in [1.807, 2.05) is 25.1 Å². The third-order valence-corrected chi connectivity index (χ3v) is 2.47. The van der Waals surface area contributed by atoms with E-state index in [1.165, 1.54) is 0 Å². The third kappa shape index (κ3) is 1.25. The summed E-state index contributed by atoms with van der Waals surface area (Å²) in [6, 6.07) is 7.39. The molecule has 0 amide bonds. The highest BCUT2D eigenvalue weighted by Crippen LogP contribution is 2.26. The van der Waals surface area contributed by atoms with Crippen LogP contribution in [0.25, 0.3) is 22.3 Å². The van der Waals surface area contributed by atoms with Gasteiger partial charge in [0, 0.05) is 17.0 Å². The lowest BCUT2D eigenvalue weighted by Gasteiger charge is -1.94. The van der Waals surface area contributed by atoms with Crippen LogP contribution in [0.3, 0.4) is 0 Å². The molecule has 0 spiro atoms. The molecule has 3 rings (SSSR count). The predicted octanol–water partition coefficient (Wildman–Crippen LogP) is 2.37. The molecule has 5 heteroatoms. The predicted molar refractivity (Wildman–Crippen MR) is 58.7 cm³/mol. The van der Waals surface area contributed by atoms with Crippen LogP contribution in [0.5, 0.6) is 0 Å². The second-order valence-corrected chi connectivity index (χ2v) is 3.59. The third-order valence-electron chi connectivity index (χ3n) is 2.47. The molecule has 0 atom stereocenters. The van der Waals surface area contributed by atoms with E-state index in [0.717, 1.165) is 22.2 Å². The van der Waals surface area contributed by atoms with Crippen molar-refractivity contribution in [1.29, 1.82) is 0 Å². The minimum atomic E-state index is 0.365. The largest absolute Gasteiger partial charge is 0.381 e. The van der Waals surface area contributed by atoms with Gasteiger partial charge in [0.05, 0.1) is 5.69 Å². The molecule has 0 saturated carbocycles. The molecule has 1 aromatic carbocycles. The molecule has 0 radical (unpaired) electrons. The van der Waals surface area contributed by atoms with Crippen LogP contribution >= 0.6 is 0 Å². The summed E-state index contributed by atoms with van der Waals surface area (Å²) in [5, 5.41) is 8.52. The molecule has 2 heterocycles. The maximum atomic E-state index is 5.49. The Hall–Kier alpha value is -2.30. The number of hydrogen-bond acceptors (Lipinski definition) is 5. The van der Waals surface area contributed by atoms with E-state index in [2.05, 4.69) is 10.3 Å². The van der Waals surface area contributed by atoms with Gasteiger partial charge in [0.1, 0.15) is 0 Å². The normalized spacial score (nSPS) is 11.1. The number of nitrogen functional groups attached to an aromatic ring is 1. The van der Waals surface area contributed by atoms with Crippen molar-refractivity contribution in [3.63, 3.8) is 0 Å². The Labute approximate surface area is 90.8 Å². The molecule has 16 heavy (non-hydrogen) atoms. The van der Waals surface area contributed by atoms with Gasteiger partial charge in [0.2, 0.25) is 0 Å². The SMILES string of the molecule is Cc1noc2cc(-c3cc(N)no3)ccc12. The minimum Gasteiger partial charge on any atom is -0.381 e. The highest BCUT2D eigenvalue weighted by atomic mass is 16.5. The summed E-state index contributed by atoms with van der Waals surface area (Å²) in [5.41, 5.74) is 7.96. The zero-order chi connectivity index (χ0) is 11.1. The van der Waals surface area contributed by atoms with Gasteiger partial charge < -0.3 is 14.8 Å². The molecule has 0 aliphatic rings. The number of aryl methyl sites for hydroxylation is 1. The first-order valence-electron chi connectivity index (χ1n) is 4.82. The maximum Gasteiger partial charge on any atom is 0.169 e. The van der Waals surface area contributed by atoms with Gasteiger partial charge in [-0.15, -0.1) is 0 Å². The van der Waals surface area contributed by atoms with Gasteiger partial charge in [-0.3, -0.25) is 0 Å². The Balaban J connectivity index is 2.18.